The van der Waals surface area contributed by atoms with E-state index in [0.717, 1.165) is 28.7 Å². The first-order valence-corrected chi connectivity index (χ1v) is 7.36. The lowest BCUT2D eigenvalue weighted by atomic mass is 10.3. The molecule has 1 aromatic carbocycles. The highest BCUT2D eigenvalue weighted by Gasteiger charge is 2.07. The van der Waals surface area contributed by atoms with Crippen LogP contribution in [0, 0.1) is 0 Å². The Bertz CT molecular complexity index is 538. The van der Waals surface area contributed by atoms with Crippen molar-refractivity contribution >= 4 is 17.6 Å². The maximum Gasteiger partial charge on any atom is 0.224 e. The van der Waals surface area contributed by atoms with Crippen molar-refractivity contribution in [1.82, 2.24) is 9.97 Å². The average molecular weight is 275 g/mol. The summed E-state index contributed by atoms with van der Waals surface area (Å²) in [6.45, 7) is 2.02. The molecule has 2 aromatic rings. The largest absolute Gasteiger partial charge is 0.438 e. The second kappa shape index (κ2) is 6.43. The van der Waals surface area contributed by atoms with Gasteiger partial charge in [0.15, 0.2) is 0 Å². The summed E-state index contributed by atoms with van der Waals surface area (Å²) < 4.78 is 5.87. The molecular weight excluding hydrogens is 258 g/mol. The zero-order valence-corrected chi connectivity index (χ0v) is 12.1. The molecule has 0 spiro atoms. The second-order valence-corrected chi connectivity index (χ2v) is 4.71. The van der Waals surface area contributed by atoms with E-state index in [1.165, 1.54) is 0 Å². The molecule has 0 aliphatic rings. The summed E-state index contributed by atoms with van der Waals surface area (Å²) in [4.78, 5) is 9.82. The fourth-order valence-corrected chi connectivity index (χ4v) is 2.15. The lowest BCUT2D eigenvalue weighted by Gasteiger charge is -2.10. The molecule has 100 valence electrons. The highest BCUT2D eigenvalue weighted by molar-refractivity contribution is 7.98. The fourth-order valence-electron chi connectivity index (χ4n) is 1.63. The molecule has 0 bridgehead atoms. The first-order valence-electron chi connectivity index (χ1n) is 6.13. The predicted molar refractivity (Wildman–Crippen MR) is 79.3 cm³/mol. The molecule has 1 N–H and O–H groups in total. The minimum Gasteiger partial charge on any atom is -0.438 e. The minimum absolute atomic E-state index is 0.567. The van der Waals surface area contributed by atoms with Gasteiger partial charge >= 0.3 is 0 Å². The molecule has 0 aliphatic heterocycles. The zero-order chi connectivity index (χ0) is 13.7. The molecule has 1 aromatic heterocycles. The molecule has 5 heteroatoms. The van der Waals surface area contributed by atoms with Gasteiger partial charge in [-0.2, -0.15) is 4.98 Å². The third-order valence-electron chi connectivity index (χ3n) is 2.60. The maximum atomic E-state index is 5.87. The Morgan fingerprint density at radius 2 is 2.05 bits per heavy atom. The van der Waals surface area contributed by atoms with E-state index in [1.54, 1.807) is 17.8 Å². The van der Waals surface area contributed by atoms with E-state index in [1.807, 2.05) is 44.5 Å². The van der Waals surface area contributed by atoms with Crippen LogP contribution in [0.4, 0.5) is 5.82 Å². The van der Waals surface area contributed by atoms with Crippen molar-refractivity contribution in [3.8, 4) is 11.6 Å². The Balaban J connectivity index is 2.32. The number of aromatic nitrogens is 2. The fraction of sp³-hybridized carbons (Fsp3) is 0.286. The summed E-state index contributed by atoms with van der Waals surface area (Å²) in [5, 5.41) is 3.02. The first kappa shape index (κ1) is 13.7. The standard InChI is InChI=1S/C14H17N3OS/c1-4-12-16-13(15-2)9-14(17-12)18-10-7-5-6-8-11(10)19-3/h5-9H,4H2,1-3H3,(H,15,16,17). The number of anilines is 1. The number of thioether (sulfide) groups is 1. The Morgan fingerprint density at radius 1 is 1.26 bits per heavy atom. The molecule has 0 saturated heterocycles. The van der Waals surface area contributed by atoms with Gasteiger partial charge in [-0.25, -0.2) is 4.98 Å². The quantitative estimate of drug-likeness (QED) is 0.845. The number of para-hydroxylation sites is 1. The van der Waals surface area contributed by atoms with E-state index < -0.39 is 0 Å². The van der Waals surface area contributed by atoms with Gasteiger partial charge in [-0.3, -0.25) is 0 Å². The van der Waals surface area contributed by atoms with Crippen LogP contribution < -0.4 is 10.1 Å². The van der Waals surface area contributed by atoms with E-state index >= 15 is 0 Å². The van der Waals surface area contributed by atoms with Gasteiger partial charge in [-0.1, -0.05) is 19.1 Å². The Morgan fingerprint density at radius 3 is 2.74 bits per heavy atom. The normalized spacial score (nSPS) is 10.3. The summed E-state index contributed by atoms with van der Waals surface area (Å²) in [5.41, 5.74) is 0. The number of hydrogen-bond donors (Lipinski definition) is 1. The monoisotopic (exact) mass is 275 g/mol. The van der Waals surface area contributed by atoms with Crippen molar-refractivity contribution in [3.63, 3.8) is 0 Å². The number of benzene rings is 1. The molecule has 0 atom stereocenters. The van der Waals surface area contributed by atoms with Crippen LogP contribution in [0.3, 0.4) is 0 Å². The average Bonchev–Trinajstić information content (AvgIpc) is 2.47. The van der Waals surface area contributed by atoms with Crippen LogP contribution >= 0.6 is 11.8 Å². The van der Waals surface area contributed by atoms with Crippen LogP contribution in [0.15, 0.2) is 35.2 Å². The first-order chi connectivity index (χ1) is 9.26. The van der Waals surface area contributed by atoms with Gasteiger partial charge in [0.25, 0.3) is 0 Å². The summed E-state index contributed by atoms with van der Waals surface area (Å²) in [6, 6.07) is 9.72. The molecule has 2 rings (SSSR count). The molecule has 0 amide bonds. The lowest BCUT2D eigenvalue weighted by Crippen LogP contribution is -2.01. The molecular formula is C14H17N3OS. The topological polar surface area (TPSA) is 47.0 Å². The van der Waals surface area contributed by atoms with Crippen molar-refractivity contribution < 1.29 is 4.74 Å². The summed E-state index contributed by atoms with van der Waals surface area (Å²) in [7, 11) is 1.83. The molecule has 19 heavy (non-hydrogen) atoms. The van der Waals surface area contributed by atoms with Crippen LogP contribution in [0.5, 0.6) is 11.6 Å². The third-order valence-corrected chi connectivity index (χ3v) is 3.38. The predicted octanol–water partition coefficient (Wildman–Crippen LogP) is 3.59. The van der Waals surface area contributed by atoms with E-state index in [9.17, 15) is 0 Å². The van der Waals surface area contributed by atoms with Crippen molar-refractivity contribution in [2.45, 2.75) is 18.2 Å². The molecule has 0 saturated carbocycles. The number of ether oxygens (including phenoxy) is 1. The number of hydrogen-bond acceptors (Lipinski definition) is 5. The molecule has 0 radical (unpaired) electrons. The van der Waals surface area contributed by atoms with Crippen LogP contribution in [0.1, 0.15) is 12.7 Å². The minimum atomic E-state index is 0.567. The van der Waals surface area contributed by atoms with Gasteiger partial charge in [0, 0.05) is 24.4 Å². The van der Waals surface area contributed by atoms with E-state index in [2.05, 4.69) is 15.3 Å². The SMILES string of the molecule is CCc1nc(NC)cc(Oc2ccccc2SC)n1. The zero-order valence-electron chi connectivity index (χ0n) is 11.3. The van der Waals surface area contributed by atoms with Gasteiger partial charge < -0.3 is 10.1 Å². The maximum absolute atomic E-state index is 5.87. The van der Waals surface area contributed by atoms with E-state index in [4.69, 9.17) is 4.74 Å². The van der Waals surface area contributed by atoms with Gasteiger partial charge in [-0.15, -0.1) is 11.8 Å². The Labute approximate surface area is 117 Å². The number of rotatable bonds is 5. The number of aryl methyl sites for hydroxylation is 1. The van der Waals surface area contributed by atoms with E-state index in [0.29, 0.717) is 5.88 Å². The molecule has 4 nitrogen and oxygen atoms in total. The Kier molecular flexibility index (Phi) is 4.63. The number of nitrogens with one attached hydrogen (secondary N) is 1. The van der Waals surface area contributed by atoms with Gasteiger partial charge in [0.2, 0.25) is 5.88 Å². The van der Waals surface area contributed by atoms with Gasteiger partial charge in [-0.05, 0) is 18.4 Å². The molecule has 0 unspecified atom stereocenters. The molecule has 1 heterocycles. The van der Waals surface area contributed by atoms with Gasteiger partial charge in [0.05, 0.1) is 0 Å². The third kappa shape index (κ3) is 3.38. The Hall–Kier alpha value is -1.75. The van der Waals surface area contributed by atoms with Crippen LogP contribution in [-0.2, 0) is 6.42 Å². The number of nitrogens with zero attached hydrogens (tertiary/aromatic N) is 2. The summed E-state index contributed by atoms with van der Waals surface area (Å²) >= 11 is 1.65. The molecule has 0 aliphatic carbocycles. The van der Waals surface area contributed by atoms with Crippen molar-refractivity contribution in [2.75, 3.05) is 18.6 Å². The van der Waals surface area contributed by atoms with Crippen molar-refractivity contribution in [2.24, 2.45) is 0 Å². The van der Waals surface area contributed by atoms with Gasteiger partial charge in [0.1, 0.15) is 17.4 Å². The van der Waals surface area contributed by atoms with E-state index in [-0.39, 0.29) is 0 Å². The van der Waals surface area contributed by atoms with Crippen LogP contribution in [-0.4, -0.2) is 23.3 Å². The smallest absolute Gasteiger partial charge is 0.224 e. The van der Waals surface area contributed by atoms with Crippen molar-refractivity contribution in [3.05, 3.63) is 36.2 Å². The summed E-state index contributed by atoms with van der Waals surface area (Å²) in [6.07, 6.45) is 2.80. The lowest BCUT2D eigenvalue weighted by molar-refractivity contribution is 0.449. The van der Waals surface area contributed by atoms with Crippen molar-refractivity contribution in [1.29, 1.82) is 0 Å². The highest BCUT2D eigenvalue weighted by atomic mass is 32.2. The molecule has 0 fully saturated rings. The highest BCUT2D eigenvalue weighted by Crippen LogP contribution is 2.31. The van der Waals surface area contributed by atoms with Crippen LogP contribution in [0.2, 0.25) is 0 Å². The van der Waals surface area contributed by atoms with Crippen LogP contribution in [0.25, 0.3) is 0 Å². The summed E-state index contributed by atoms with van der Waals surface area (Å²) in [5.74, 6) is 2.92. The second-order valence-electron chi connectivity index (χ2n) is 3.86.